The van der Waals surface area contributed by atoms with E-state index in [4.69, 9.17) is 4.74 Å². The fourth-order valence-corrected chi connectivity index (χ4v) is 2.03. The number of aliphatic hydroxyl groups is 2. The van der Waals surface area contributed by atoms with E-state index >= 15 is 0 Å². The van der Waals surface area contributed by atoms with E-state index in [2.05, 4.69) is 5.32 Å². The summed E-state index contributed by atoms with van der Waals surface area (Å²) in [5.41, 5.74) is 0. The molecule has 108 valence electrons. The third kappa shape index (κ3) is 3.10. The lowest BCUT2D eigenvalue weighted by atomic mass is 10.1. The number of fused-ring (bicyclic) bond motifs is 1. The van der Waals surface area contributed by atoms with Gasteiger partial charge in [0.25, 0.3) is 5.91 Å². The average molecular weight is 275 g/mol. The van der Waals surface area contributed by atoms with Crippen LogP contribution >= 0.6 is 0 Å². The summed E-state index contributed by atoms with van der Waals surface area (Å²) in [5, 5.41) is 25.0. The van der Waals surface area contributed by atoms with Crippen molar-refractivity contribution in [2.45, 2.75) is 32.3 Å². The monoisotopic (exact) mass is 275 g/mol. The minimum Gasteiger partial charge on any atom is -0.446 e. The third-order valence-electron chi connectivity index (χ3n) is 3.21. The zero-order valence-electron chi connectivity index (χ0n) is 11.8. The molecule has 0 radical (unpaired) electrons. The van der Waals surface area contributed by atoms with Gasteiger partial charge in [-0.3, -0.25) is 5.32 Å². The molecule has 0 heterocycles. The van der Waals surface area contributed by atoms with E-state index in [9.17, 15) is 10.2 Å². The molecule has 4 nitrogen and oxygen atoms in total. The highest BCUT2D eigenvalue weighted by atomic mass is 16.7. The molecule has 0 bridgehead atoms. The standard InChI is InChI=1S/C16H21NO3/c1-3-11-17-16(19,12(2)18)20-15-10-6-8-13-7-4-5-9-14(13)15/h4-10,12,17-19H,3,11H2,1-2H3. The Bertz CT molecular complexity index is 565. The molecular weight excluding hydrogens is 254 g/mol. The first-order valence-electron chi connectivity index (χ1n) is 6.89. The minimum atomic E-state index is -1.79. The van der Waals surface area contributed by atoms with Gasteiger partial charge in [0.15, 0.2) is 0 Å². The van der Waals surface area contributed by atoms with Gasteiger partial charge in [-0.1, -0.05) is 43.3 Å². The van der Waals surface area contributed by atoms with Crippen LogP contribution in [0.15, 0.2) is 42.5 Å². The molecule has 4 heteroatoms. The first-order chi connectivity index (χ1) is 9.57. The molecule has 2 aromatic rings. The van der Waals surface area contributed by atoms with Crippen molar-refractivity contribution < 1.29 is 14.9 Å². The van der Waals surface area contributed by atoms with Crippen LogP contribution in [0.4, 0.5) is 0 Å². The van der Waals surface area contributed by atoms with Crippen molar-refractivity contribution in [3.05, 3.63) is 42.5 Å². The van der Waals surface area contributed by atoms with Crippen molar-refractivity contribution in [2.75, 3.05) is 6.54 Å². The maximum Gasteiger partial charge on any atom is 0.294 e. The summed E-state index contributed by atoms with van der Waals surface area (Å²) >= 11 is 0. The smallest absolute Gasteiger partial charge is 0.294 e. The Morgan fingerprint density at radius 1 is 1.20 bits per heavy atom. The van der Waals surface area contributed by atoms with Crippen molar-refractivity contribution in [3.8, 4) is 5.75 Å². The molecule has 2 aromatic carbocycles. The fourth-order valence-electron chi connectivity index (χ4n) is 2.03. The highest BCUT2D eigenvalue weighted by molar-refractivity contribution is 5.88. The number of benzene rings is 2. The molecule has 0 saturated carbocycles. The fraction of sp³-hybridized carbons (Fsp3) is 0.375. The molecule has 0 aliphatic carbocycles. The van der Waals surface area contributed by atoms with Crippen LogP contribution < -0.4 is 10.1 Å². The van der Waals surface area contributed by atoms with Crippen LogP contribution in [0.5, 0.6) is 5.75 Å². The molecule has 0 saturated heterocycles. The van der Waals surface area contributed by atoms with Gasteiger partial charge in [0.1, 0.15) is 11.9 Å². The molecule has 0 aliphatic heterocycles. The van der Waals surface area contributed by atoms with Gasteiger partial charge in [-0.2, -0.15) is 0 Å². The van der Waals surface area contributed by atoms with Crippen molar-refractivity contribution in [1.29, 1.82) is 0 Å². The Morgan fingerprint density at radius 2 is 1.90 bits per heavy atom. The van der Waals surface area contributed by atoms with Crippen molar-refractivity contribution in [1.82, 2.24) is 5.32 Å². The second-order valence-electron chi connectivity index (χ2n) is 4.88. The number of hydrogen-bond acceptors (Lipinski definition) is 4. The largest absolute Gasteiger partial charge is 0.446 e. The zero-order valence-corrected chi connectivity index (χ0v) is 11.8. The first kappa shape index (κ1) is 14.8. The zero-order chi connectivity index (χ0) is 14.6. The van der Waals surface area contributed by atoms with E-state index < -0.39 is 12.0 Å². The molecule has 2 rings (SSSR count). The maximum atomic E-state index is 10.4. The van der Waals surface area contributed by atoms with E-state index in [1.54, 1.807) is 6.07 Å². The van der Waals surface area contributed by atoms with E-state index in [0.717, 1.165) is 17.2 Å². The summed E-state index contributed by atoms with van der Waals surface area (Å²) in [5.74, 6) is -1.25. The Morgan fingerprint density at radius 3 is 2.60 bits per heavy atom. The SMILES string of the molecule is CCCNC(O)(Oc1cccc2ccccc12)C(C)O. The topological polar surface area (TPSA) is 61.7 Å². The van der Waals surface area contributed by atoms with Crippen LogP contribution in [0.25, 0.3) is 10.8 Å². The van der Waals surface area contributed by atoms with Crippen molar-refractivity contribution in [2.24, 2.45) is 0 Å². The highest BCUT2D eigenvalue weighted by Crippen LogP contribution is 2.28. The molecule has 0 aromatic heterocycles. The highest BCUT2D eigenvalue weighted by Gasteiger charge is 2.35. The quantitative estimate of drug-likeness (QED) is 0.708. The van der Waals surface area contributed by atoms with Crippen LogP contribution in [0, 0.1) is 0 Å². The van der Waals surface area contributed by atoms with Crippen LogP contribution in [-0.4, -0.2) is 28.8 Å². The van der Waals surface area contributed by atoms with E-state index in [1.165, 1.54) is 6.92 Å². The summed E-state index contributed by atoms with van der Waals surface area (Å²) in [6.07, 6.45) is -0.235. The Labute approximate surface area is 119 Å². The van der Waals surface area contributed by atoms with Gasteiger partial charge in [0.2, 0.25) is 0 Å². The molecule has 0 aliphatic rings. The number of aliphatic hydroxyl groups excluding tert-OH is 1. The summed E-state index contributed by atoms with van der Waals surface area (Å²) in [6, 6.07) is 13.4. The lowest BCUT2D eigenvalue weighted by Gasteiger charge is -2.32. The predicted octanol–water partition coefficient (Wildman–Crippen LogP) is 2.25. The van der Waals surface area contributed by atoms with E-state index in [0.29, 0.717) is 12.3 Å². The van der Waals surface area contributed by atoms with Gasteiger partial charge in [-0.05, 0) is 24.8 Å². The normalized spacial score (nSPS) is 15.8. The average Bonchev–Trinajstić information content (AvgIpc) is 2.45. The van der Waals surface area contributed by atoms with E-state index in [1.807, 2.05) is 43.3 Å². The van der Waals surface area contributed by atoms with Gasteiger partial charge in [0, 0.05) is 11.9 Å². The van der Waals surface area contributed by atoms with Gasteiger partial charge >= 0.3 is 0 Å². The molecule has 3 N–H and O–H groups in total. The van der Waals surface area contributed by atoms with Crippen molar-refractivity contribution >= 4 is 10.8 Å². The number of rotatable bonds is 6. The second-order valence-corrected chi connectivity index (χ2v) is 4.88. The first-order valence-corrected chi connectivity index (χ1v) is 6.89. The molecule has 0 spiro atoms. The second kappa shape index (κ2) is 6.22. The van der Waals surface area contributed by atoms with Gasteiger partial charge in [-0.25, -0.2) is 0 Å². The summed E-state index contributed by atoms with van der Waals surface area (Å²) in [4.78, 5) is 0. The molecule has 0 amide bonds. The minimum absolute atomic E-state index is 0.537. The molecule has 2 atom stereocenters. The van der Waals surface area contributed by atoms with Crippen molar-refractivity contribution in [3.63, 3.8) is 0 Å². The van der Waals surface area contributed by atoms with Crippen LogP contribution in [0.1, 0.15) is 20.3 Å². The van der Waals surface area contributed by atoms with Crippen LogP contribution in [-0.2, 0) is 0 Å². The van der Waals surface area contributed by atoms with E-state index in [-0.39, 0.29) is 0 Å². The van der Waals surface area contributed by atoms with Gasteiger partial charge in [-0.15, -0.1) is 0 Å². The maximum absolute atomic E-state index is 10.4. The molecule has 20 heavy (non-hydrogen) atoms. The summed E-state index contributed by atoms with van der Waals surface area (Å²) in [6.45, 7) is 4.02. The Kier molecular flexibility index (Phi) is 4.60. The Hall–Kier alpha value is -1.62. The summed E-state index contributed by atoms with van der Waals surface area (Å²) in [7, 11) is 0. The van der Waals surface area contributed by atoms with Crippen LogP contribution in [0.3, 0.4) is 0 Å². The number of hydrogen-bond donors (Lipinski definition) is 3. The lowest BCUT2D eigenvalue weighted by molar-refractivity contribution is -0.220. The van der Waals surface area contributed by atoms with Crippen LogP contribution in [0.2, 0.25) is 0 Å². The van der Waals surface area contributed by atoms with Gasteiger partial charge in [0.05, 0.1) is 0 Å². The lowest BCUT2D eigenvalue weighted by Crippen LogP contribution is -2.58. The predicted molar refractivity (Wildman–Crippen MR) is 79.5 cm³/mol. The third-order valence-corrected chi connectivity index (χ3v) is 3.21. The molecule has 2 unspecified atom stereocenters. The summed E-state index contributed by atoms with van der Waals surface area (Å²) < 4.78 is 5.67. The number of ether oxygens (including phenoxy) is 1. The molecule has 0 fully saturated rings. The Balaban J connectivity index is 2.33. The molecular formula is C16H21NO3. The van der Waals surface area contributed by atoms with Gasteiger partial charge < -0.3 is 14.9 Å². The number of nitrogens with one attached hydrogen (secondary N) is 1.